The molecule has 6 nitrogen and oxygen atoms in total. The first-order valence-corrected chi connectivity index (χ1v) is 5.55. The predicted octanol–water partition coefficient (Wildman–Crippen LogP) is 1.88. The standard InChI is InChI=1S/C13H12N2O4/c1-7-3-4-10(9(5-7)13(17)18)19-12-6-11(16)14-8(2)15-12/h3-6H,1-2H3,(H,17,18)(H,14,15,16). The Labute approximate surface area is 108 Å². The molecule has 98 valence electrons. The van der Waals surface area contributed by atoms with Crippen LogP contribution in [0.1, 0.15) is 21.7 Å². The number of carbonyl (C=O) groups is 1. The van der Waals surface area contributed by atoms with Crippen LogP contribution >= 0.6 is 0 Å². The fourth-order valence-corrected chi connectivity index (χ4v) is 1.62. The van der Waals surface area contributed by atoms with Gasteiger partial charge in [-0.25, -0.2) is 9.78 Å². The number of ether oxygens (including phenoxy) is 1. The Morgan fingerprint density at radius 1 is 1.32 bits per heavy atom. The Kier molecular flexibility index (Phi) is 3.33. The summed E-state index contributed by atoms with van der Waals surface area (Å²) >= 11 is 0. The van der Waals surface area contributed by atoms with Crippen LogP contribution in [0.3, 0.4) is 0 Å². The van der Waals surface area contributed by atoms with Crippen molar-refractivity contribution in [2.45, 2.75) is 13.8 Å². The minimum atomic E-state index is -1.10. The van der Waals surface area contributed by atoms with Crippen molar-refractivity contribution in [2.75, 3.05) is 0 Å². The molecule has 0 aliphatic carbocycles. The van der Waals surface area contributed by atoms with Crippen LogP contribution in [0.5, 0.6) is 11.6 Å². The van der Waals surface area contributed by atoms with Crippen molar-refractivity contribution < 1.29 is 14.6 Å². The third-order valence-electron chi connectivity index (χ3n) is 2.42. The number of aromatic nitrogens is 2. The van der Waals surface area contributed by atoms with Gasteiger partial charge in [0.25, 0.3) is 5.56 Å². The lowest BCUT2D eigenvalue weighted by atomic mass is 10.1. The van der Waals surface area contributed by atoms with E-state index in [-0.39, 0.29) is 22.8 Å². The molecule has 0 radical (unpaired) electrons. The first-order valence-electron chi connectivity index (χ1n) is 5.55. The van der Waals surface area contributed by atoms with Gasteiger partial charge < -0.3 is 14.8 Å². The molecule has 0 amide bonds. The lowest BCUT2D eigenvalue weighted by Gasteiger charge is -2.08. The van der Waals surface area contributed by atoms with Gasteiger partial charge in [-0.2, -0.15) is 0 Å². The number of aromatic carboxylic acids is 1. The highest BCUT2D eigenvalue weighted by molar-refractivity contribution is 5.91. The molecule has 2 aromatic rings. The average Bonchev–Trinajstić information content (AvgIpc) is 2.30. The molecule has 0 bridgehead atoms. The van der Waals surface area contributed by atoms with Crippen LogP contribution in [0.15, 0.2) is 29.1 Å². The summed E-state index contributed by atoms with van der Waals surface area (Å²) in [6.45, 7) is 3.40. The van der Waals surface area contributed by atoms with Gasteiger partial charge in [-0.05, 0) is 26.0 Å². The van der Waals surface area contributed by atoms with Gasteiger partial charge in [0.2, 0.25) is 5.88 Å². The van der Waals surface area contributed by atoms with Gasteiger partial charge in [0.15, 0.2) is 0 Å². The highest BCUT2D eigenvalue weighted by Gasteiger charge is 2.13. The Morgan fingerprint density at radius 2 is 2.05 bits per heavy atom. The van der Waals surface area contributed by atoms with Crippen LogP contribution in [-0.4, -0.2) is 21.0 Å². The molecule has 0 unspecified atom stereocenters. The SMILES string of the molecule is Cc1ccc(Oc2cc(=O)[nH]c(C)n2)c(C(=O)O)c1. The summed E-state index contributed by atoms with van der Waals surface area (Å²) in [4.78, 5) is 28.9. The second-order valence-electron chi connectivity index (χ2n) is 4.08. The quantitative estimate of drug-likeness (QED) is 0.878. The maximum atomic E-state index is 11.3. The maximum Gasteiger partial charge on any atom is 0.339 e. The second kappa shape index (κ2) is 4.93. The number of aromatic amines is 1. The number of carboxylic acid groups (broad SMARTS) is 1. The van der Waals surface area contributed by atoms with Crippen LogP contribution in [-0.2, 0) is 0 Å². The van der Waals surface area contributed by atoms with Crippen LogP contribution < -0.4 is 10.3 Å². The van der Waals surface area contributed by atoms with Crippen molar-refractivity contribution in [3.63, 3.8) is 0 Å². The molecule has 1 heterocycles. The minimum Gasteiger partial charge on any atom is -0.478 e. The van der Waals surface area contributed by atoms with E-state index in [0.29, 0.717) is 5.82 Å². The molecule has 0 saturated carbocycles. The monoisotopic (exact) mass is 260 g/mol. The number of nitrogens with zero attached hydrogens (tertiary/aromatic N) is 1. The van der Waals surface area contributed by atoms with Crippen molar-refractivity contribution in [1.29, 1.82) is 0 Å². The molecule has 19 heavy (non-hydrogen) atoms. The Hall–Kier alpha value is -2.63. The fourth-order valence-electron chi connectivity index (χ4n) is 1.62. The molecule has 1 aromatic carbocycles. The molecule has 6 heteroatoms. The van der Waals surface area contributed by atoms with Crippen molar-refractivity contribution in [2.24, 2.45) is 0 Å². The Balaban J connectivity index is 2.43. The molecule has 1 aromatic heterocycles. The van der Waals surface area contributed by atoms with Gasteiger partial charge in [0.1, 0.15) is 17.1 Å². The number of aryl methyl sites for hydroxylation is 2. The lowest BCUT2D eigenvalue weighted by Crippen LogP contribution is -2.09. The van der Waals surface area contributed by atoms with Crippen molar-refractivity contribution in [3.05, 3.63) is 51.6 Å². The molecular formula is C13H12N2O4. The van der Waals surface area contributed by atoms with E-state index in [0.717, 1.165) is 5.56 Å². The molecule has 0 aliphatic heterocycles. The lowest BCUT2D eigenvalue weighted by molar-refractivity contribution is 0.0694. The molecule has 0 atom stereocenters. The zero-order valence-corrected chi connectivity index (χ0v) is 10.4. The zero-order valence-electron chi connectivity index (χ0n) is 10.4. The summed E-state index contributed by atoms with van der Waals surface area (Å²) in [6.07, 6.45) is 0. The first-order chi connectivity index (χ1) is 8.95. The summed E-state index contributed by atoms with van der Waals surface area (Å²) in [5, 5.41) is 9.11. The van der Waals surface area contributed by atoms with E-state index in [1.807, 2.05) is 0 Å². The summed E-state index contributed by atoms with van der Waals surface area (Å²) in [5.74, 6) is -0.491. The second-order valence-corrected chi connectivity index (χ2v) is 4.08. The van der Waals surface area contributed by atoms with Gasteiger partial charge in [-0.15, -0.1) is 0 Å². The largest absolute Gasteiger partial charge is 0.478 e. The van der Waals surface area contributed by atoms with E-state index in [4.69, 9.17) is 9.84 Å². The summed E-state index contributed by atoms with van der Waals surface area (Å²) in [7, 11) is 0. The molecule has 0 aliphatic rings. The predicted molar refractivity (Wildman–Crippen MR) is 67.8 cm³/mol. The number of hydrogen-bond donors (Lipinski definition) is 2. The van der Waals surface area contributed by atoms with E-state index in [1.165, 1.54) is 18.2 Å². The maximum absolute atomic E-state index is 11.3. The number of carboxylic acids is 1. The molecule has 0 saturated heterocycles. The summed E-state index contributed by atoms with van der Waals surface area (Å²) < 4.78 is 5.38. The van der Waals surface area contributed by atoms with Crippen LogP contribution in [0.2, 0.25) is 0 Å². The first kappa shape index (κ1) is 12.8. The summed E-state index contributed by atoms with van der Waals surface area (Å²) in [5.41, 5.74) is 0.478. The number of rotatable bonds is 3. The van der Waals surface area contributed by atoms with E-state index < -0.39 is 5.97 Å². The number of benzene rings is 1. The Bertz CT molecular complexity index is 691. The average molecular weight is 260 g/mol. The molecule has 2 rings (SSSR count). The van der Waals surface area contributed by atoms with Gasteiger partial charge >= 0.3 is 5.97 Å². The number of H-pyrrole nitrogens is 1. The third kappa shape index (κ3) is 2.98. The summed E-state index contributed by atoms with van der Waals surface area (Å²) in [6, 6.07) is 5.93. The Morgan fingerprint density at radius 3 is 2.68 bits per heavy atom. The fraction of sp³-hybridized carbons (Fsp3) is 0.154. The van der Waals surface area contributed by atoms with Crippen molar-refractivity contribution in [3.8, 4) is 11.6 Å². The third-order valence-corrected chi connectivity index (χ3v) is 2.42. The molecule has 2 N–H and O–H groups in total. The molecule has 0 spiro atoms. The van der Waals surface area contributed by atoms with Gasteiger partial charge in [0, 0.05) is 0 Å². The normalized spacial score (nSPS) is 10.2. The van der Waals surface area contributed by atoms with E-state index in [9.17, 15) is 9.59 Å². The van der Waals surface area contributed by atoms with Gasteiger partial charge in [-0.3, -0.25) is 4.79 Å². The van der Waals surface area contributed by atoms with E-state index in [1.54, 1.807) is 19.9 Å². The van der Waals surface area contributed by atoms with E-state index in [2.05, 4.69) is 9.97 Å². The zero-order chi connectivity index (χ0) is 14.0. The number of nitrogens with one attached hydrogen (secondary N) is 1. The van der Waals surface area contributed by atoms with Crippen LogP contribution in [0, 0.1) is 13.8 Å². The topological polar surface area (TPSA) is 92.3 Å². The molecular weight excluding hydrogens is 248 g/mol. The minimum absolute atomic E-state index is 0.0275. The highest BCUT2D eigenvalue weighted by Crippen LogP contribution is 2.24. The van der Waals surface area contributed by atoms with Gasteiger partial charge in [-0.1, -0.05) is 11.6 Å². The van der Waals surface area contributed by atoms with E-state index >= 15 is 0 Å². The van der Waals surface area contributed by atoms with Crippen molar-refractivity contribution in [1.82, 2.24) is 9.97 Å². The smallest absolute Gasteiger partial charge is 0.339 e. The van der Waals surface area contributed by atoms with Gasteiger partial charge in [0.05, 0.1) is 6.07 Å². The molecule has 0 fully saturated rings. The highest BCUT2D eigenvalue weighted by atomic mass is 16.5. The van der Waals surface area contributed by atoms with Crippen LogP contribution in [0.4, 0.5) is 0 Å². The number of hydrogen-bond acceptors (Lipinski definition) is 4. The van der Waals surface area contributed by atoms with Crippen LogP contribution in [0.25, 0.3) is 0 Å². The van der Waals surface area contributed by atoms with Crippen molar-refractivity contribution >= 4 is 5.97 Å².